The van der Waals surface area contributed by atoms with Crippen molar-refractivity contribution < 1.29 is 9.53 Å². The second kappa shape index (κ2) is 8.59. The number of ether oxygens (including phenoxy) is 1. The van der Waals surface area contributed by atoms with Gasteiger partial charge in [0, 0.05) is 11.3 Å². The van der Waals surface area contributed by atoms with E-state index in [1.54, 1.807) is 30.3 Å². The van der Waals surface area contributed by atoms with Gasteiger partial charge in [0.05, 0.1) is 18.3 Å². The SMILES string of the molecule is COc1ccc(NC(=O)Cn2c(-c3ccc(C)cc3)ncc(C#N)c2=O)cc1Cl. The minimum atomic E-state index is -0.582. The molecule has 0 atom stereocenters. The van der Waals surface area contributed by atoms with Crippen LogP contribution in [-0.4, -0.2) is 22.6 Å². The molecule has 7 nitrogen and oxygen atoms in total. The van der Waals surface area contributed by atoms with Crippen LogP contribution in [0.2, 0.25) is 5.02 Å². The van der Waals surface area contributed by atoms with Crippen molar-refractivity contribution in [1.82, 2.24) is 9.55 Å². The zero-order valence-corrected chi connectivity index (χ0v) is 16.5. The number of anilines is 1. The number of benzene rings is 2. The van der Waals surface area contributed by atoms with E-state index in [0.717, 1.165) is 5.56 Å². The predicted octanol–water partition coefficient (Wildman–Crippen LogP) is 3.39. The lowest BCUT2D eigenvalue weighted by atomic mass is 10.1. The molecule has 0 aliphatic rings. The Labute approximate surface area is 172 Å². The molecule has 0 bridgehead atoms. The summed E-state index contributed by atoms with van der Waals surface area (Å²) in [6, 6.07) is 14.0. The Balaban J connectivity index is 1.93. The lowest BCUT2D eigenvalue weighted by Gasteiger charge is -2.13. The predicted molar refractivity (Wildman–Crippen MR) is 110 cm³/mol. The number of aromatic nitrogens is 2. The molecule has 0 saturated heterocycles. The van der Waals surface area contributed by atoms with Gasteiger partial charge in [-0.15, -0.1) is 0 Å². The highest BCUT2D eigenvalue weighted by Crippen LogP contribution is 2.27. The average Bonchev–Trinajstić information content (AvgIpc) is 2.70. The van der Waals surface area contributed by atoms with Crippen LogP contribution in [0.15, 0.2) is 53.5 Å². The molecule has 0 aliphatic carbocycles. The maximum Gasteiger partial charge on any atom is 0.272 e. The number of carbonyl (C=O) groups excluding carboxylic acids is 1. The van der Waals surface area contributed by atoms with Gasteiger partial charge < -0.3 is 10.1 Å². The van der Waals surface area contributed by atoms with Gasteiger partial charge in [0.15, 0.2) is 0 Å². The van der Waals surface area contributed by atoms with Crippen LogP contribution in [0.4, 0.5) is 5.69 Å². The van der Waals surface area contributed by atoms with Crippen LogP contribution in [0.25, 0.3) is 11.4 Å². The van der Waals surface area contributed by atoms with Crippen LogP contribution in [-0.2, 0) is 11.3 Å². The van der Waals surface area contributed by atoms with Crippen LogP contribution in [0.3, 0.4) is 0 Å². The minimum absolute atomic E-state index is 0.138. The summed E-state index contributed by atoms with van der Waals surface area (Å²) in [5, 5.41) is 12.2. The number of methoxy groups -OCH3 is 1. The fourth-order valence-electron chi connectivity index (χ4n) is 2.74. The molecule has 0 spiro atoms. The molecular formula is C21H17ClN4O3. The minimum Gasteiger partial charge on any atom is -0.495 e. The average molecular weight is 409 g/mol. The summed E-state index contributed by atoms with van der Waals surface area (Å²) in [6.45, 7) is 1.63. The number of hydrogen-bond acceptors (Lipinski definition) is 5. The van der Waals surface area contributed by atoms with Gasteiger partial charge in [0.25, 0.3) is 5.56 Å². The molecule has 0 fully saturated rings. The Morgan fingerprint density at radius 1 is 1.28 bits per heavy atom. The molecule has 8 heteroatoms. The summed E-state index contributed by atoms with van der Waals surface area (Å²) in [5.74, 6) is 0.323. The molecule has 1 N–H and O–H groups in total. The number of nitriles is 1. The third-order valence-corrected chi connectivity index (χ3v) is 4.51. The highest BCUT2D eigenvalue weighted by Gasteiger charge is 2.15. The van der Waals surface area contributed by atoms with Crippen molar-refractivity contribution in [3.63, 3.8) is 0 Å². The number of carbonyl (C=O) groups is 1. The Bertz CT molecular complexity index is 1160. The second-order valence-corrected chi connectivity index (χ2v) is 6.67. The Morgan fingerprint density at radius 2 is 2.00 bits per heavy atom. The van der Waals surface area contributed by atoms with E-state index in [1.165, 1.54) is 17.9 Å². The van der Waals surface area contributed by atoms with E-state index in [1.807, 2.05) is 25.1 Å². The number of amides is 1. The van der Waals surface area contributed by atoms with Gasteiger partial charge in [0.1, 0.15) is 29.8 Å². The van der Waals surface area contributed by atoms with Crippen molar-refractivity contribution in [3.05, 3.63) is 75.2 Å². The first-order chi connectivity index (χ1) is 13.9. The Kier molecular flexibility index (Phi) is 5.96. The monoisotopic (exact) mass is 408 g/mol. The van der Waals surface area contributed by atoms with Crippen LogP contribution >= 0.6 is 11.6 Å². The number of halogens is 1. The van der Waals surface area contributed by atoms with Gasteiger partial charge in [-0.05, 0) is 25.1 Å². The van der Waals surface area contributed by atoms with Crippen molar-refractivity contribution >= 4 is 23.2 Å². The number of hydrogen-bond donors (Lipinski definition) is 1. The first-order valence-electron chi connectivity index (χ1n) is 8.63. The molecular weight excluding hydrogens is 392 g/mol. The van der Waals surface area contributed by atoms with E-state index in [9.17, 15) is 9.59 Å². The van der Waals surface area contributed by atoms with Crippen LogP contribution in [0.5, 0.6) is 5.75 Å². The van der Waals surface area contributed by atoms with Gasteiger partial charge in [-0.2, -0.15) is 5.26 Å². The zero-order valence-electron chi connectivity index (χ0n) is 15.8. The Hall–Kier alpha value is -3.63. The zero-order chi connectivity index (χ0) is 21.0. The summed E-state index contributed by atoms with van der Waals surface area (Å²) in [7, 11) is 1.49. The molecule has 29 heavy (non-hydrogen) atoms. The standard InChI is InChI=1S/C21H17ClN4O3/c1-13-3-5-14(6-4-13)20-24-11-15(10-23)21(28)26(20)12-19(27)25-16-7-8-18(29-2)17(22)9-16/h3-9,11H,12H2,1-2H3,(H,25,27). The van der Waals surface area contributed by atoms with E-state index in [2.05, 4.69) is 10.3 Å². The maximum atomic E-state index is 12.7. The van der Waals surface area contributed by atoms with Gasteiger partial charge >= 0.3 is 0 Å². The van der Waals surface area contributed by atoms with Crippen LogP contribution in [0, 0.1) is 18.3 Å². The number of nitrogens with zero attached hydrogens (tertiary/aromatic N) is 3. The molecule has 0 unspecified atom stereocenters. The molecule has 0 saturated carbocycles. The summed E-state index contributed by atoms with van der Waals surface area (Å²) >= 11 is 6.08. The number of aryl methyl sites for hydroxylation is 1. The largest absolute Gasteiger partial charge is 0.495 e. The molecule has 3 aromatic rings. The molecule has 0 aliphatic heterocycles. The molecule has 146 valence electrons. The fourth-order valence-corrected chi connectivity index (χ4v) is 2.99. The van der Waals surface area contributed by atoms with E-state index >= 15 is 0 Å². The van der Waals surface area contributed by atoms with Crippen molar-refractivity contribution in [2.45, 2.75) is 13.5 Å². The first kappa shape index (κ1) is 20.1. The van der Waals surface area contributed by atoms with E-state index in [0.29, 0.717) is 27.8 Å². The van der Waals surface area contributed by atoms with Gasteiger partial charge in [-0.25, -0.2) is 4.98 Å². The van der Waals surface area contributed by atoms with Gasteiger partial charge in [-0.3, -0.25) is 14.2 Å². The maximum absolute atomic E-state index is 12.7. The molecule has 1 heterocycles. The highest BCUT2D eigenvalue weighted by molar-refractivity contribution is 6.32. The van der Waals surface area contributed by atoms with Crippen LogP contribution in [0.1, 0.15) is 11.1 Å². The van der Waals surface area contributed by atoms with Crippen molar-refractivity contribution in [1.29, 1.82) is 5.26 Å². The third kappa shape index (κ3) is 4.45. The van der Waals surface area contributed by atoms with Crippen molar-refractivity contribution in [2.75, 3.05) is 12.4 Å². The lowest BCUT2D eigenvalue weighted by molar-refractivity contribution is -0.116. The third-order valence-electron chi connectivity index (χ3n) is 4.21. The fraction of sp³-hybridized carbons (Fsp3) is 0.143. The normalized spacial score (nSPS) is 10.3. The van der Waals surface area contributed by atoms with Crippen molar-refractivity contribution in [3.8, 4) is 23.2 Å². The van der Waals surface area contributed by atoms with Crippen molar-refractivity contribution in [2.24, 2.45) is 0 Å². The lowest BCUT2D eigenvalue weighted by Crippen LogP contribution is -2.31. The number of rotatable bonds is 5. The molecule has 0 radical (unpaired) electrons. The van der Waals surface area contributed by atoms with E-state index < -0.39 is 11.5 Å². The quantitative estimate of drug-likeness (QED) is 0.697. The van der Waals surface area contributed by atoms with E-state index in [-0.39, 0.29) is 12.1 Å². The second-order valence-electron chi connectivity index (χ2n) is 6.26. The topological polar surface area (TPSA) is 97.0 Å². The molecule has 2 aromatic carbocycles. The molecule has 1 aromatic heterocycles. The summed E-state index contributed by atoms with van der Waals surface area (Å²) < 4.78 is 6.27. The van der Waals surface area contributed by atoms with E-state index in [4.69, 9.17) is 21.6 Å². The summed E-state index contributed by atoms with van der Waals surface area (Å²) in [4.78, 5) is 29.5. The van der Waals surface area contributed by atoms with Gasteiger partial charge in [-0.1, -0.05) is 41.4 Å². The Morgan fingerprint density at radius 3 is 2.62 bits per heavy atom. The van der Waals surface area contributed by atoms with Gasteiger partial charge in [0.2, 0.25) is 5.91 Å². The molecule has 1 amide bonds. The highest BCUT2D eigenvalue weighted by atomic mass is 35.5. The summed E-state index contributed by atoms with van der Waals surface area (Å²) in [6.07, 6.45) is 1.22. The first-order valence-corrected chi connectivity index (χ1v) is 9.01. The number of nitrogens with one attached hydrogen (secondary N) is 1. The summed E-state index contributed by atoms with van der Waals surface area (Å²) in [5.41, 5.74) is 1.44. The van der Waals surface area contributed by atoms with Crippen LogP contribution < -0.4 is 15.6 Å². The smallest absolute Gasteiger partial charge is 0.272 e. The molecule has 3 rings (SSSR count).